The molecular weight excluding hydrogens is 416 g/mol. The second-order valence-corrected chi connectivity index (χ2v) is 7.47. The summed E-state index contributed by atoms with van der Waals surface area (Å²) in [7, 11) is 1.57. The number of aryl methyl sites for hydroxylation is 1. The Balaban J connectivity index is 1.97. The number of nitrogens with one attached hydrogen (secondary N) is 2. The van der Waals surface area contributed by atoms with Crippen molar-refractivity contribution in [2.75, 3.05) is 31.3 Å². The minimum Gasteiger partial charge on any atom is -0.383 e. The molecule has 0 bridgehead atoms. The molecule has 0 radical (unpaired) electrons. The molecule has 0 spiro atoms. The fraction of sp³-hybridized carbons (Fsp3) is 0.263. The van der Waals surface area contributed by atoms with Crippen molar-refractivity contribution >= 4 is 45.2 Å². The average Bonchev–Trinajstić information content (AvgIpc) is 2.61. The van der Waals surface area contributed by atoms with Crippen LogP contribution in [0.4, 0.5) is 5.69 Å². The van der Waals surface area contributed by atoms with E-state index < -0.39 is 0 Å². The number of para-hydroxylation sites is 1. The lowest BCUT2D eigenvalue weighted by atomic mass is 10.1. The van der Waals surface area contributed by atoms with Crippen molar-refractivity contribution in [2.24, 2.45) is 0 Å². The highest BCUT2D eigenvalue weighted by molar-refractivity contribution is 9.10. The van der Waals surface area contributed by atoms with Crippen LogP contribution in [0.3, 0.4) is 0 Å². The third-order valence-corrected chi connectivity index (χ3v) is 5.20. The number of methoxy groups -OCH3 is 1. The summed E-state index contributed by atoms with van der Waals surface area (Å²) in [6, 6.07) is 12.9. The SMILES string of the molecule is COCCNC(=O)c1ccccc1NC(=O)CSc1ccc(Br)cc1C. The Morgan fingerprint density at radius 3 is 2.69 bits per heavy atom. The molecule has 0 aliphatic heterocycles. The van der Waals surface area contributed by atoms with E-state index in [0.717, 1.165) is 14.9 Å². The number of hydrogen-bond donors (Lipinski definition) is 2. The van der Waals surface area contributed by atoms with Gasteiger partial charge in [0.2, 0.25) is 5.91 Å². The third-order valence-electron chi connectivity index (χ3n) is 3.53. The summed E-state index contributed by atoms with van der Waals surface area (Å²) >= 11 is 4.89. The summed E-state index contributed by atoms with van der Waals surface area (Å²) in [5.41, 5.74) is 2.04. The molecule has 0 fully saturated rings. The number of thioether (sulfide) groups is 1. The van der Waals surface area contributed by atoms with Crippen LogP contribution in [-0.2, 0) is 9.53 Å². The highest BCUT2D eigenvalue weighted by Gasteiger charge is 2.13. The molecule has 0 heterocycles. The molecule has 2 N–H and O–H groups in total. The van der Waals surface area contributed by atoms with Crippen LogP contribution in [0.25, 0.3) is 0 Å². The molecule has 2 aromatic carbocycles. The van der Waals surface area contributed by atoms with Gasteiger partial charge in [-0.3, -0.25) is 9.59 Å². The molecule has 0 unspecified atom stereocenters. The van der Waals surface area contributed by atoms with Gasteiger partial charge in [0.05, 0.1) is 23.6 Å². The second kappa shape index (κ2) is 10.4. The number of ether oxygens (including phenoxy) is 1. The van der Waals surface area contributed by atoms with E-state index in [1.165, 1.54) is 11.8 Å². The fourth-order valence-electron chi connectivity index (χ4n) is 2.26. The van der Waals surface area contributed by atoms with Gasteiger partial charge in [-0.15, -0.1) is 11.8 Å². The summed E-state index contributed by atoms with van der Waals surface area (Å²) in [6.07, 6.45) is 0. The van der Waals surface area contributed by atoms with E-state index in [-0.39, 0.29) is 17.6 Å². The number of benzene rings is 2. The van der Waals surface area contributed by atoms with Crippen LogP contribution in [0.2, 0.25) is 0 Å². The van der Waals surface area contributed by atoms with E-state index in [9.17, 15) is 9.59 Å². The van der Waals surface area contributed by atoms with Crippen molar-refractivity contribution < 1.29 is 14.3 Å². The van der Waals surface area contributed by atoms with Crippen LogP contribution in [0.1, 0.15) is 15.9 Å². The number of hydrogen-bond acceptors (Lipinski definition) is 4. The van der Waals surface area contributed by atoms with Crippen LogP contribution in [0.5, 0.6) is 0 Å². The summed E-state index contributed by atoms with van der Waals surface area (Å²) in [5, 5.41) is 5.58. The van der Waals surface area contributed by atoms with Gasteiger partial charge in [0.1, 0.15) is 0 Å². The Bertz CT molecular complexity index is 783. The Morgan fingerprint density at radius 2 is 1.96 bits per heavy atom. The van der Waals surface area contributed by atoms with Crippen molar-refractivity contribution in [1.82, 2.24) is 5.32 Å². The fourth-order valence-corrected chi connectivity index (χ4v) is 3.54. The van der Waals surface area contributed by atoms with Crippen molar-refractivity contribution in [1.29, 1.82) is 0 Å². The van der Waals surface area contributed by atoms with E-state index in [2.05, 4.69) is 26.6 Å². The number of amides is 2. The lowest BCUT2D eigenvalue weighted by Gasteiger charge is -2.12. The molecule has 0 atom stereocenters. The first-order chi connectivity index (χ1) is 12.5. The number of rotatable bonds is 8. The van der Waals surface area contributed by atoms with Crippen molar-refractivity contribution in [2.45, 2.75) is 11.8 Å². The quantitative estimate of drug-likeness (QED) is 0.486. The van der Waals surface area contributed by atoms with Gasteiger partial charge in [0.25, 0.3) is 5.91 Å². The average molecular weight is 437 g/mol. The zero-order valence-electron chi connectivity index (χ0n) is 14.7. The standard InChI is InChI=1S/C19H21BrN2O3S/c1-13-11-14(20)7-8-17(13)26-12-18(23)22-16-6-4-3-5-15(16)19(24)21-9-10-25-2/h3-8,11H,9-10,12H2,1-2H3,(H,21,24)(H,22,23). The number of carbonyl (C=O) groups is 2. The van der Waals surface area contributed by atoms with E-state index in [0.29, 0.717) is 24.4 Å². The van der Waals surface area contributed by atoms with Gasteiger partial charge in [0, 0.05) is 23.0 Å². The molecule has 0 saturated heterocycles. The predicted octanol–water partition coefficient (Wildman–Crippen LogP) is 3.86. The normalized spacial score (nSPS) is 10.4. The first kappa shape index (κ1) is 20.5. The molecule has 5 nitrogen and oxygen atoms in total. The summed E-state index contributed by atoms with van der Waals surface area (Å²) < 4.78 is 5.94. The Labute approximate surface area is 166 Å². The first-order valence-electron chi connectivity index (χ1n) is 8.06. The molecule has 0 saturated carbocycles. The maximum Gasteiger partial charge on any atom is 0.253 e. The van der Waals surface area contributed by atoms with E-state index in [1.54, 1.807) is 31.4 Å². The van der Waals surface area contributed by atoms with Crippen LogP contribution in [0, 0.1) is 6.92 Å². The largest absolute Gasteiger partial charge is 0.383 e. The highest BCUT2D eigenvalue weighted by Crippen LogP contribution is 2.25. The number of carbonyl (C=O) groups excluding carboxylic acids is 2. The summed E-state index contributed by atoms with van der Waals surface area (Å²) in [4.78, 5) is 25.6. The number of anilines is 1. The van der Waals surface area contributed by atoms with E-state index in [1.807, 2.05) is 25.1 Å². The van der Waals surface area contributed by atoms with Gasteiger partial charge < -0.3 is 15.4 Å². The molecule has 2 amide bonds. The Hall–Kier alpha value is -1.83. The minimum atomic E-state index is -0.241. The molecule has 7 heteroatoms. The van der Waals surface area contributed by atoms with Gasteiger partial charge >= 0.3 is 0 Å². The van der Waals surface area contributed by atoms with Gasteiger partial charge in [0.15, 0.2) is 0 Å². The first-order valence-corrected chi connectivity index (χ1v) is 9.84. The zero-order chi connectivity index (χ0) is 18.9. The lowest BCUT2D eigenvalue weighted by Crippen LogP contribution is -2.28. The van der Waals surface area contributed by atoms with Crippen molar-refractivity contribution in [3.05, 3.63) is 58.1 Å². The molecule has 2 aromatic rings. The molecule has 2 rings (SSSR count). The van der Waals surface area contributed by atoms with Gasteiger partial charge in [-0.05, 0) is 42.8 Å². The summed E-state index contributed by atoms with van der Waals surface area (Å²) in [6.45, 7) is 2.85. The number of halogens is 1. The van der Waals surface area contributed by atoms with Gasteiger partial charge in [-0.2, -0.15) is 0 Å². The Morgan fingerprint density at radius 1 is 1.19 bits per heavy atom. The molecule has 0 aliphatic rings. The maximum atomic E-state index is 12.3. The maximum absolute atomic E-state index is 12.3. The molecular formula is C19H21BrN2O3S. The monoisotopic (exact) mass is 436 g/mol. The smallest absolute Gasteiger partial charge is 0.253 e. The lowest BCUT2D eigenvalue weighted by molar-refractivity contribution is -0.113. The topological polar surface area (TPSA) is 67.4 Å². The van der Waals surface area contributed by atoms with Crippen molar-refractivity contribution in [3.63, 3.8) is 0 Å². The molecule has 26 heavy (non-hydrogen) atoms. The highest BCUT2D eigenvalue weighted by atomic mass is 79.9. The van der Waals surface area contributed by atoms with Crippen molar-refractivity contribution in [3.8, 4) is 0 Å². The minimum absolute atomic E-state index is 0.158. The van der Waals surface area contributed by atoms with Crippen LogP contribution >= 0.6 is 27.7 Å². The van der Waals surface area contributed by atoms with Crippen LogP contribution in [-0.4, -0.2) is 37.8 Å². The van der Waals surface area contributed by atoms with Gasteiger partial charge in [-0.25, -0.2) is 0 Å². The molecule has 0 aliphatic carbocycles. The van der Waals surface area contributed by atoms with E-state index >= 15 is 0 Å². The summed E-state index contributed by atoms with van der Waals surface area (Å²) in [5.74, 6) is -0.133. The third kappa shape index (κ3) is 6.16. The second-order valence-electron chi connectivity index (χ2n) is 5.54. The Kier molecular flexibility index (Phi) is 8.15. The van der Waals surface area contributed by atoms with Gasteiger partial charge in [-0.1, -0.05) is 28.1 Å². The predicted molar refractivity (Wildman–Crippen MR) is 109 cm³/mol. The zero-order valence-corrected chi connectivity index (χ0v) is 17.1. The molecule has 138 valence electrons. The van der Waals surface area contributed by atoms with Crippen LogP contribution in [0.15, 0.2) is 51.8 Å². The molecule has 0 aromatic heterocycles. The van der Waals surface area contributed by atoms with Crippen LogP contribution < -0.4 is 10.6 Å². The van der Waals surface area contributed by atoms with E-state index in [4.69, 9.17) is 4.74 Å².